The summed E-state index contributed by atoms with van der Waals surface area (Å²) in [5, 5.41) is 0.671. The third-order valence-electron chi connectivity index (χ3n) is 1.73. The summed E-state index contributed by atoms with van der Waals surface area (Å²) in [6.45, 7) is 0. The zero-order valence-electron chi connectivity index (χ0n) is 5.64. The lowest BCUT2D eigenvalue weighted by molar-refractivity contribution is 0.853. The van der Waals surface area contributed by atoms with Crippen molar-refractivity contribution in [1.29, 1.82) is 0 Å². The summed E-state index contributed by atoms with van der Waals surface area (Å²) in [6, 6.07) is 2.14. The first kappa shape index (κ1) is 8.42. The predicted octanol–water partition coefficient (Wildman–Crippen LogP) is 4.34. The lowest BCUT2D eigenvalue weighted by Crippen LogP contribution is -2.05. The van der Waals surface area contributed by atoms with Crippen molar-refractivity contribution in [1.82, 2.24) is 0 Å². The third kappa shape index (κ3) is 1.62. The van der Waals surface area contributed by atoms with Crippen LogP contribution in [0.5, 0.6) is 0 Å². The van der Waals surface area contributed by atoms with Crippen LogP contribution in [0, 0.1) is 0 Å². The Bertz CT molecular complexity index is 267. The second-order valence-electron chi connectivity index (χ2n) is 2.43. The first-order valence-electron chi connectivity index (χ1n) is 3.33. The topological polar surface area (TPSA) is 0 Å². The van der Waals surface area contributed by atoms with E-state index < -0.39 is 0 Å². The van der Waals surface area contributed by atoms with Crippen LogP contribution in [0.4, 0.5) is 0 Å². The van der Waals surface area contributed by atoms with E-state index in [0.29, 0.717) is 5.25 Å². The number of thioether (sulfide) groups is 1. The standard InChI is InChI=1S/C7H6BrClS2/c8-6-3-4(7(9)11-6)5-1-2-10-5/h3,5H,1-2H2/t5-/m0/s1. The fraction of sp³-hybridized carbons (Fsp3) is 0.429. The van der Waals surface area contributed by atoms with Crippen LogP contribution in [-0.4, -0.2) is 5.75 Å². The van der Waals surface area contributed by atoms with Gasteiger partial charge in [-0.3, -0.25) is 0 Å². The molecule has 1 aliphatic heterocycles. The Hall–Kier alpha value is 0.820. The molecule has 1 aromatic heterocycles. The van der Waals surface area contributed by atoms with Gasteiger partial charge < -0.3 is 0 Å². The highest BCUT2D eigenvalue weighted by Crippen LogP contribution is 2.48. The van der Waals surface area contributed by atoms with Gasteiger partial charge >= 0.3 is 0 Å². The fourth-order valence-corrected chi connectivity index (χ4v) is 4.15. The van der Waals surface area contributed by atoms with Gasteiger partial charge in [0.25, 0.3) is 0 Å². The smallest absolute Gasteiger partial charge is 0.0983 e. The molecule has 0 radical (unpaired) electrons. The zero-order chi connectivity index (χ0) is 7.84. The van der Waals surface area contributed by atoms with E-state index in [1.807, 2.05) is 11.8 Å². The minimum atomic E-state index is 0.671. The van der Waals surface area contributed by atoms with Gasteiger partial charge in [-0.05, 0) is 39.7 Å². The molecule has 0 spiro atoms. The van der Waals surface area contributed by atoms with Gasteiger partial charge in [0.2, 0.25) is 0 Å². The molecule has 4 heteroatoms. The molecule has 2 rings (SSSR count). The van der Waals surface area contributed by atoms with Crippen molar-refractivity contribution in [3.05, 3.63) is 19.8 Å². The van der Waals surface area contributed by atoms with Gasteiger partial charge in [0.1, 0.15) is 0 Å². The summed E-state index contributed by atoms with van der Waals surface area (Å²) in [5.41, 5.74) is 1.32. The second-order valence-corrected chi connectivity index (χ2v) is 6.77. The molecule has 2 heterocycles. The molecule has 1 fully saturated rings. The van der Waals surface area contributed by atoms with Crippen LogP contribution >= 0.6 is 50.6 Å². The molecule has 0 aliphatic carbocycles. The van der Waals surface area contributed by atoms with Crippen LogP contribution in [0.15, 0.2) is 9.85 Å². The Morgan fingerprint density at radius 2 is 2.36 bits per heavy atom. The summed E-state index contributed by atoms with van der Waals surface area (Å²) in [4.78, 5) is 0. The average Bonchev–Trinajstić information content (AvgIpc) is 2.07. The normalized spacial score (nSPS) is 23.3. The SMILES string of the molecule is Clc1sc(Br)cc1[C@@H]1CCS1. The Morgan fingerprint density at radius 3 is 2.73 bits per heavy atom. The second kappa shape index (κ2) is 3.29. The summed E-state index contributed by atoms with van der Waals surface area (Å²) in [5.74, 6) is 1.29. The molecule has 1 atom stereocenters. The molecule has 60 valence electrons. The molecule has 0 aromatic carbocycles. The average molecular weight is 270 g/mol. The van der Waals surface area contributed by atoms with Crippen LogP contribution < -0.4 is 0 Å². The Morgan fingerprint density at radius 1 is 1.64 bits per heavy atom. The van der Waals surface area contributed by atoms with Crippen molar-refractivity contribution in [3.63, 3.8) is 0 Å². The molecule has 1 aromatic rings. The van der Waals surface area contributed by atoms with Crippen molar-refractivity contribution in [2.24, 2.45) is 0 Å². The highest BCUT2D eigenvalue weighted by molar-refractivity contribution is 9.11. The summed E-state index contributed by atoms with van der Waals surface area (Å²) < 4.78 is 2.10. The van der Waals surface area contributed by atoms with Crippen LogP contribution in [0.2, 0.25) is 4.34 Å². The quantitative estimate of drug-likeness (QED) is 0.731. The first-order valence-corrected chi connectivity index (χ1v) is 6.37. The number of halogens is 2. The van der Waals surface area contributed by atoms with Gasteiger partial charge in [-0.1, -0.05) is 11.6 Å². The van der Waals surface area contributed by atoms with Crippen molar-refractivity contribution < 1.29 is 0 Å². The number of rotatable bonds is 1. The van der Waals surface area contributed by atoms with E-state index in [-0.39, 0.29) is 0 Å². The van der Waals surface area contributed by atoms with Crippen molar-refractivity contribution in [2.75, 3.05) is 5.75 Å². The molecule has 0 N–H and O–H groups in total. The van der Waals surface area contributed by atoms with Crippen LogP contribution in [0.3, 0.4) is 0 Å². The van der Waals surface area contributed by atoms with E-state index in [4.69, 9.17) is 11.6 Å². The monoisotopic (exact) mass is 268 g/mol. The fourth-order valence-electron chi connectivity index (χ4n) is 1.05. The largest absolute Gasteiger partial charge is 0.154 e. The zero-order valence-corrected chi connectivity index (χ0v) is 9.62. The van der Waals surface area contributed by atoms with E-state index >= 15 is 0 Å². The van der Waals surface area contributed by atoms with Crippen LogP contribution in [0.1, 0.15) is 17.2 Å². The van der Waals surface area contributed by atoms with Crippen LogP contribution in [-0.2, 0) is 0 Å². The molecular formula is C7H6BrClS2. The van der Waals surface area contributed by atoms with E-state index in [0.717, 1.165) is 8.12 Å². The van der Waals surface area contributed by atoms with E-state index in [1.165, 1.54) is 17.7 Å². The molecule has 1 aliphatic rings. The van der Waals surface area contributed by atoms with Gasteiger partial charge in [0, 0.05) is 5.25 Å². The highest BCUT2D eigenvalue weighted by Gasteiger charge is 2.23. The Labute approximate surface area is 87.5 Å². The van der Waals surface area contributed by atoms with E-state index in [2.05, 4.69) is 22.0 Å². The molecule has 0 bridgehead atoms. The van der Waals surface area contributed by atoms with Gasteiger partial charge in [-0.25, -0.2) is 0 Å². The minimum absolute atomic E-state index is 0.671. The maximum Gasteiger partial charge on any atom is 0.0983 e. The maximum absolute atomic E-state index is 6.03. The number of thiophene rings is 1. The molecule has 0 saturated carbocycles. The predicted molar refractivity (Wildman–Crippen MR) is 56.8 cm³/mol. The number of hydrogen-bond acceptors (Lipinski definition) is 2. The van der Waals surface area contributed by atoms with Gasteiger partial charge in [0.05, 0.1) is 8.12 Å². The van der Waals surface area contributed by atoms with Crippen molar-refractivity contribution in [3.8, 4) is 0 Å². The number of hydrogen-bond donors (Lipinski definition) is 0. The molecular weight excluding hydrogens is 264 g/mol. The summed E-state index contributed by atoms with van der Waals surface area (Å²) in [6.07, 6.45) is 1.29. The first-order chi connectivity index (χ1) is 5.27. The van der Waals surface area contributed by atoms with Gasteiger partial charge in [0.15, 0.2) is 0 Å². The highest BCUT2D eigenvalue weighted by atomic mass is 79.9. The maximum atomic E-state index is 6.03. The Kier molecular flexibility index (Phi) is 2.52. The Balaban J connectivity index is 2.28. The lowest BCUT2D eigenvalue weighted by atomic mass is 10.2. The lowest BCUT2D eigenvalue weighted by Gasteiger charge is -2.24. The minimum Gasteiger partial charge on any atom is -0.154 e. The molecule has 0 unspecified atom stereocenters. The van der Waals surface area contributed by atoms with Crippen LogP contribution in [0.25, 0.3) is 0 Å². The summed E-state index contributed by atoms with van der Waals surface area (Å²) >= 11 is 13.1. The van der Waals surface area contributed by atoms with Gasteiger partial charge in [-0.15, -0.1) is 11.3 Å². The van der Waals surface area contributed by atoms with Gasteiger partial charge in [-0.2, -0.15) is 11.8 Å². The van der Waals surface area contributed by atoms with Crippen molar-refractivity contribution in [2.45, 2.75) is 11.7 Å². The van der Waals surface area contributed by atoms with Crippen molar-refractivity contribution >= 4 is 50.6 Å². The molecule has 11 heavy (non-hydrogen) atoms. The molecule has 1 saturated heterocycles. The molecule has 0 amide bonds. The summed E-state index contributed by atoms with van der Waals surface area (Å²) in [7, 11) is 0. The third-order valence-corrected chi connectivity index (χ3v) is 4.98. The molecule has 0 nitrogen and oxygen atoms in total. The van der Waals surface area contributed by atoms with E-state index in [9.17, 15) is 0 Å². The van der Waals surface area contributed by atoms with E-state index in [1.54, 1.807) is 11.3 Å².